The van der Waals surface area contributed by atoms with Crippen LogP contribution in [0.5, 0.6) is 5.75 Å². The molecule has 0 saturated heterocycles. The summed E-state index contributed by atoms with van der Waals surface area (Å²) in [6.45, 7) is 3.92. The van der Waals surface area contributed by atoms with Gasteiger partial charge in [-0.2, -0.15) is 0 Å². The van der Waals surface area contributed by atoms with Crippen molar-refractivity contribution in [3.8, 4) is 5.75 Å². The Balaban J connectivity index is 1.98. The predicted octanol–water partition coefficient (Wildman–Crippen LogP) is 1.93. The molecule has 0 aliphatic heterocycles. The number of oxazole rings is 1. The van der Waals surface area contributed by atoms with E-state index in [0.29, 0.717) is 11.5 Å². The van der Waals surface area contributed by atoms with E-state index in [4.69, 9.17) is 9.52 Å². The Kier molecular flexibility index (Phi) is 3.32. The number of carbonyl (C=O) groups excluding carboxylic acids is 1. The highest BCUT2D eigenvalue weighted by atomic mass is 16.4. The maximum atomic E-state index is 11.8. The Labute approximate surface area is 104 Å². The molecule has 2 aromatic rings. The van der Waals surface area contributed by atoms with Gasteiger partial charge in [0.25, 0.3) is 5.91 Å². The van der Waals surface area contributed by atoms with E-state index in [0.717, 1.165) is 11.5 Å². The van der Waals surface area contributed by atoms with Gasteiger partial charge in [-0.3, -0.25) is 4.79 Å². The zero-order valence-corrected chi connectivity index (χ0v) is 10.2. The molecular formula is C13H14N2O3. The standard InChI is InChI=1S/C13H14N2O3/c1-8-9(2)18-12(15-8)7-14-13(17)10-3-5-11(16)6-4-10/h3-6,16H,7H2,1-2H3,(H,14,17). The summed E-state index contributed by atoms with van der Waals surface area (Å²) in [5.41, 5.74) is 1.30. The second-order valence-electron chi connectivity index (χ2n) is 3.98. The van der Waals surface area contributed by atoms with Gasteiger partial charge in [-0.15, -0.1) is 0 Å². The van der Waals surface area contributed by atoms with Gasteiger partial charge in [0.2, 0.25) is 5.89 Å². The van der Waals surface area contributed by atoms with Crippen molar-refractivity contribution in [2.75, 3.05) is 0 Å². The number of nitrogens with one attached hydrogen (secondary N) is 1. The second kappa shape index (κ2) is 4.91. The van der Waals surface area contributed by atoms with Gasteiger partial charge in [-0.25, -0.2) is 4.98 Å². The Morgan fingerprint density at radius 1 is 1.33 bits per heavy atom. The average molecular weight is 246 g/mol. The number of hydrogen-bond donors (Lipinski definition) is 2. The Morgan fingerprint density at radius 3 is 2.56 bits per heavy atom. The lowest BCUT2D eigenvalue weighted by molar-refractivity contribution is 0.0947. The third-order valence-corrected chi connectivity index (χ3v) is 2.60. The minimum atomic E-state index is -0.233. The van der Waals surface area contributed by atoms with Crippen LogP contribution in [0.1, 0.15) is 27.7 Å². The number of hydrogen-bond acceptors (Lipinski definition) is 4. The van der Waals surface area contributed by atoms with E-state index < -0.39 is 0 Å². The SMILES string of the molecule is Cc1nc(CNC(=O)c2ccc(O)cc2)oc1C. The first-order chi connectivity index (χ1) is 8.56. The summed E-state index contributed by atoms with van der Waals surface area (Å²) in [6.07, 6.45) is 0. The number of phenols is 1. The second-order valence-corrected chi connectivity index (χ2v) is 3.98. The van der Waals surface area contributed by atoms with E-state index >= 15 is 0 Å². The Morgan fingerprint density at radius 2 is 2.00 bits per heavy atom. The fraction of sp³-hybridized carbons (Fsp3) is 0.231. The van der Waals surface area contributed by atoms with Crippen molar-refractivity contribution in [3.05, 3.63) is 47.2 Å². The average Bonchev–Trinajstić information content (AvgIpc) is 2.67. The van der Waals surface area contributed by atoms with Crippen LogP contribution in [-0.4, -0.2) is 16.0 Å². The van der Waals surface area contributed by atoms with E-state index in [1.807, 2.05) is 13.8 Å². The molecule has 1 aromatic heterocycles. The maximum Gasteiger partial charge on any atom is 0.251 e. The molecule has 2 N–H and O–H groups in total. The van der Waals surface area contributed by atoms with Gasteiger partial charge in [0.1, 0.15) is 11.5 Å². The van der Waals surface area contributed by atoms with Crippen molar-refractivity contribution in [2.45, 2.75) is 20.4 Å². The number of rotatable bonds is 3. The van der Waals surface area contributed by atoms with E-state index in [-0.39, 0.29) is 18.2 Å². The van der Waals surface area contributed by atoms with Crippen LogP contribution < -0.4 is 5.32 Å². The van der Waals surface area contributed by atoms with Crippen LogP contribution in [-0.2, 0) is 6.54 Å². The van der Waals surface area contributed by atoms with Crippen molar-refractivity contribution >= 4 is 5.91 Å². The third kappa shape index (κ3) is 2.68. The largest absolute Gasteiger partial charge is 0.508 e. The van der Waals surface area contributed by atoms with E-state index in [2.05, 4.69) is 10.3 Å². The lowest BCUT2D eigenvalue weighted by Gasteiger charge is -2.02. The van der Waals surface area contributed by atoms with Gasteiger partial charge in [-0.05, 0) is 38.1 Å². The number of amides is 1. The Hall–Kier alpha value is -2.30. The number of aryl methyl sites for hydroxylation is 2. The summed E-state index contributed by atoms with van der Waals surface area (Å²) in [5, 5.41) is 11.8. The zero-order valence-electron chi connectivity index (χ0n) is 10.2. The fourth-order valence-corrected chi connectivity index (χ4v) is 1.49. The van der Waals surface area contributed by atoms with Crippen molar-refractivity contribution < 1.29 is 14.3 Å². The first-order valence-corrected chi connectivity index (χ1v) is 5.56. The van der Waals surface area contributed by atoms with Crippen molar-refractivity contribution in [1.82, 2.24) is 10.3 Å². The van der Waals surface area contributed by atoms with Crippen molar-refractivity contribution in [2.24, 2.45) is 0 Å². The maximum absolute atomic E-state index is 11.8. The molecule has 1 aromatic carbocycles. The Bertz CT molecular complexity index is 539. The summed E-state index contributed by atoms with van der Waals surface area (Å²) < 4.78 is 5.35. The van der Waals surface area contributed by atoms with Gasteiger partial charge < -0.3 is 14.8 Å². The molecule has 0 unspecified atom stereocenters. The molecule has 1 amide bonds. The first-order valence-electron chi connectivity index (χ1n) is 5.56. The minimum Gasteiger partial charge on any atom is -0.508 e. The van der Waals surface area contributed by atoms with Gasteiger partial charge in [-0.1, -0.05) is 0 Å². The molecule has 0 atom stereocenters. The van der Waals surface area contributed by atoms with Crippen LogP contribution in [0, 0.1) is 13.8 Å². The smallest absolute Gasteiger partial charge is 0.251 e. The molecular weight excluding hydrogens is 232 g/mol. The van der Waals surface area contributed by atoms with Crippen molar-refractivity contribution in [3.63, 3.8) is 0 Å². The summed E-state index contributed by atoms with van der Waals surface area (Å²) in [5.74, 6) is 1.13. The van der Waals surface area contributed by atoms with Crippen LogP contribution >= 0.6 is 0 Å². The van der Waals surface area contributed by atoms with Crippen LogP contribution in [0.4, 0.5) is 0 Å². The molecule has 0 aliphatic carbocycles. The molecule has 0 saturated carbocycles. The monoisotopic (exact) mass is 246 g/mol. The molecule has 0 aliphatic rings. The van der Waals surface area contributed by atoms with Crippen molar-refractivity contribution in [1.29, 1.82) is 0 Å². The lowest BCUT2D eigenvalue weighted by Crippen LogP contribution is -2.22. The van der Waals surface area contributed by atoms with Gasteiger partial charge in [0.15, 0.2) is 0 Å². The summed E-state index contributed by atoms with van der Waals surface area (Å²) >= 11 is 0. The normalized spacial score (nSPS) is 10.3. The number of carbonyl (C=O) groups is 1. The quantitative estimate of drug-likeness (QED) is 0.867. The van der Waals surface area contributed by atoms with E-state index in [9.17, 15) is 4.79 Å². The lowest BCUT2D eigenvalue weighted by atomic mass is 10.2. The van der Waals surface area contributed by atoms with Crippen LogP contribution in [0.15, 0.2) is 28.7 Å². The van der Waals surface area contributed by atoms with Gasteiger partial charge in [0, 0.05) is 5.56 Å². The number of aromatic hydroxyl groups is 1. The zero-order chi connectivity index (χ0) is 13.1. The molecule has 94 valence electrons. The summed E-state index contributed by atoms with van der Waals surface area (Å²) in [4.78, 5) is 15.9. The molecule has 0 bridgehead atoms. The molecule has 1 heterocycles. The summed E-state index contributed by atoms with van der Waals surface area (Å²) in [6, 6.07) is 6.04. The predicted molar refractivity (Wildman–Crippen MR) is 65.3 cm³/mol. The first kappa shape index (κ1) is 12.2. The minimum absolute atomic E-state index is 0.130. The number of nitrogens with zero attached hydrogens (tertiary/aromatic N) is 1. The third-order valence-electron chi connectivity index (χ3n) is 2.60. The summed E-state index contributed by atoms with van der Waals surface area (Å²) in [7, 11) is 0. The van der Waals surface area contributed by atoms with E-state index in [1.54, 1.807) is 12.1 Å². The number of phenolic OH excluding ortho intramolecular Hbond substituents is 1. The topological polar surface area (TPSA) is 75.4 Å². The van der Waals surface area contributed by atoms with Gasteiger partial charge in [0.05, 0.1) is 12.2 Å². The molecule has 2 rings (SSSR count). The fourth-order valence-electron chi connectivity index (χ4n) is 1.49. The number of aromatic nitrogens is 1. The highest BCUT2D eigenvalue weighted by Gasteiger charge is 2.09. The molecule has 0 spiro atoms. The highest BCUT2D eigenvalue weighted by Crippen LogP contribution is 2.10. The van der Waals surface area contributed by atoms with Crippen LogP contribution in [0.25, 0.3) is 0 Å². The molecule has 18 heavy (non-hydrogen) atoms. The van der Waals surface area contributed by atoms with Crippen LogP contribution in [0.2, 0.25) is 0 Å². The van der Waals surface area contributed by atoms with Gasteiger partial charge >= 0.3 is 0 Å². The highest BCUT2D eigenvalue weighted by molar-refractivity contribution is 5.94. The van der Waals surface area contributed by atoms with E-state index in [1.165, 1.54) is 12.1 Å². The molecule has 5 heteroatoms. The molecule has 5 nitrogen and oxygen atoms in total. The molecule has 0 fully saturated rings. The van der Waals surface area contributed by atoms with Crippen LogP contribution in [0.3, 0.4) is 0 Å². The molecule has 0 radical (unpaired) electrons. The number of benzene rings is 1.